The van der Waals surface area contributed by atoms with Crippen LogP contribution in [-0.4, -0.2) is 23.7 Å². The maximum Gasteiger partial charge on any atom is 0.305 e. The molecule has 0 atom stereocenters. The van der Waals surface area contributed by atoms with Gasteiger partial charge in [-0.3, -0.25) is 4.79 Å². The van der Waals surface area contributed by atoms with Crippen LogP contribution in [-0.2, 0) is 9.53 Å². The molecule has 1 saturated heterocycles. The highest BCUT2D eigenvalue weighted by molar-refractivity contribution is 5.69. The van der Waals surface area contributed by atoms with E-state index in [2.05, 4.69) is 39.9 Å². The van der Waals surface area contributed by atoms with Crippen molar-refractivity contribution in [2.75, 3.05) is 6.61 Å². The minimum Gasteiger partial charge on any atom is -0.466 e. The molecule has 20 heavy (non-hydrogen) atoms. The van der Waals surface area contributed by atoms with Gasteiger partial charge < -0.3 is 10.1 Å². The van der Waals surface area contributed by atoms with E-state index in [4.69, 9.17) is 4.74 Å². The fourth-order valence-electron chi connectivity index (χ4n) is 2.77. The molecule has 1 rings (SSSR count). The minimum absolute atomic E-state index is 0.0593. The van der Waals surface area contributed by atoms with Crippen molar-refractivity contribution in [3.05, 3.63) is 0 Å². The second kappa shape index (κ2) is 9.38. The van der Waals surface area contributed by atoms with Crippen molar-refractivity contribution < 1.29 is 9.53 Å². The van der Waals surface area contributed by atoms with E-state index in [0.717, 1.165) is 19.3 Å². The first kappa shape index (κ1) is 19.4. The van der Waals surface area contributed by atoms with Gasteiger partial charge in [0.2, 0.25) is 0 Å². The molecule has 0 unspecified atom stereocenters. The van der Waals surface area contributed by atoms with Gasteiger partial charge in [-0.15, -0.1) is 0 Å². The van der Waals surface area contributed by atoms with Crippen LogP contribution in [0.1, 0.15) is 86.5 Å². The first-order chi connectivity index (χ1) is 9.22. The SMILES string of the molecule is CC1(C)CCCC(C)(C)N1.CCCCCC(=O)OCC. The van der Waals surface area contributed by atoms with Crippen LogP contribution in [0.5, 0.6) is 0 Å². The monoisotopic (exact) mass is 285 g/mol. The molecule has 1 fully saturated rings. The quantitative estimate of drug-likeness (QED) is 0.599. The lowest BCUT2D eigenvalue weighted by Crippen LogP contribution is -2.55. The summed E-state index contributed by atoms with van der Waals surface area (Å²) in [5.41, 5.74) is 0.726. The van der Waals surface area contributed by atoms with Crippen LogP contribution in [0.2, 0.25) is 0 Å². The predicted octanol–water partition coefficient (Wildman–Crippen LogP) is 4.45. The van der Waals surface area contributed by atoms with E-state index in [0.29, 0.717) is 24.1 Å². The lowest BCUT2D eigenvalue weighted by molar-refractivity contribution is -0.143. The van der Waals surface area contributed by atoms with Crippen molar-refractivity contribution >= 4 is 5.97 Å². The third kappa shape index (κ3) is 10.2. The molecule has 0 aromatic heterocycles. The highest BCUT2D eigenvalue weighted by Gasteiger charge is 2.31. The number of nitrogens with one attached hydrogen (secondary N) is 1. The number of esters is 1. The zero-order chi connectivity index (χ0) is 15.6. The molecule has 1 aliphatic rings. The third-order valence-corrected chi connectivity index (χ3v) is 3.57. The maximum atomic E-state index is 10.7. The minimum atomic E-state index is -0.0593. The van der Waals surface area contributed by atoms with Crippen LogP contribution in [0, 0.1) is 0 Å². The van der Waals surface area contributed by atoms with E-state index >= 15 is 0 Å². The van der Waals surface area contributed by atoms with Crippen molar-refractivity contribution in [2.24, 2.45) is 0 Å². The summed E-state index contributed by atoms with van der Waals surface area (Å²) in [6.45, 7) is 13.6. The van der Waals surface area contributed by atoms with Crippen LogP contribution >= 0.6 is 0 Å². The Hall–Kier alpha value is -0.570. The van der Waals surface area contributed by atoms with E-state index in [1.807, 2.05) is 6.92 Å². The van der Waals surface area contributed by atoms with Gasteiger partial charge in [0.1, 0.15) is 0 Å². The van der Waals surface area contributed by atoms with Gasteiger partial charge in [-0.05, 0) is 60.3 Å². The molecule has 0 aliphatic carbocycles. The van der Waals surface area contributed by atoms with Gasteiger partial charge in [0.15, 0.2) is 0 Å². The fraction of sp³-hybridized carbons (Fsp3) is 0.941. The molecule has 0 radical (unpaired) electrons. The number of ether oxygens (including phenoxy) is 1. The summed E-state index contributed by atoms with van der Waals surface area (Å²) in [7, 11) is 0. The molecular weight excluding hydrogens is 250 g/mol. The van der Waals surface area contributed by atoms with E-state index < -0.39 is 0 Å². The first-order valence-electron chi connectivity index (χ1n) is 8.17. The summed E-state index contributed by atoms with van der Waals surface area (Å²) >= 11 is 0. The molecule has 0 bridgehead atoms. The normalized spacial score (nSPS) is 19.7. The Bertz CT molecular complexity index is 258. The standard InChI is InChI=1S/C9H19N.C8H16O2/c1-8(2)6-5-7-9(3,4)10-8;1-3-5-6-7-8(9)10-4-2/h10H,5-7H2,1-4H3;3-7H2,1-2H3. The third-order valence-electron chi connectivity index (χ3n) is 3.57. The number of piperidine rings is 1. The smallest absolute Gasteiger partial charge is 0.305 e. The van der Waals surface area contributed by atoms with E-state index in [1.54, 1.807) is 0 Å². The maximum absolute atomic E-state index is 10.7. The van der Waals surface area contributed by atoms with Crippen molar-refractivity contribution in [1.29, 1.82) is 0 Å². The molecule has 1 N–H and O–H groups in total. The Morgan fingerprint density at radius 2 is 1.60 bits per heavy atom. The number of hydrogen-bond donors (Lipinski definition) is 1. The zero-order valence-electron chi connectivity index (χ0n) is 14.5. The lowest BCUT2D eigenvalue weighted by Gasteiger charge is -2.42. The van der Waals surface area contributed by atoms with Gasteiger partial charge in [0.05, 0.1) is 6.61 Å². The number of unbranched alkanes of at least 4 members (excludes halogenated alkanes) is 2. The number of carbonyl (C=O) groups excluding carboxylic acids is 1. The van der Waals surface area contributed by atoms with E-state index in [9.17, 15) is 4.79 Å². The summed E-state index contributed by atoms with van der Waals surface area (Å²) < 4.78 is 4.75. The van der Waals surface area contributed by atoms with Crippen molar-refractivity contribution in [3.8, 4) is 0 Å². The number of carbonyl (C=O) groups is 1. The Kier molecular flexibility index (Phi) is 9.11. The number of rotatable bonds is 5. The average Bonchev–Trinajstić information content (AvgIpc) is 2.27. The molecular formula is C17H35NO2. The van der Waals surface area contributed by atoms with Gasteiger partial charge in [0.25, 0.3) is 0 Å². The molecule has 0 spiro atoms. The van der Waals surface area contributed by atoms with Gasteiger partial charge in [-0.25, -0.2) is 0 Å². The van der Waals surface area contributed by atoms with Crippen LogP contribution in [0.25, 0.3) is 0 Å². The fourth-order valence-corrected chi connectivity index (χ4v) is 2.77. The highest BCUT2D eigenvalue weighted by Crippen LogP contribution is 2.27. The summed E-state index contributed by atoms with van der Waals surface area (Å²) in [5.74, 6) is -0.0593. The van der Waals surface area contributed by atoms with Crippen molar-refractivity contribution in [3.63, 3.8) is 0 Å². The van der Waals surface area contributed by atoms with Crippen LogP contribution in [0.15, 0.2) is 0 Å². The molecule has 0 aromatic carbocycles. The Morgan fingerprint density at radius 1 is 1.05 bits per heavy atom. The van der Waals surface area contributed by atoms with Crippen LogP contribution in [0.3, 0.4) is 0 Å². The Balaban J connectivity index is 0.000000361. The molecule has 0 saturated carbocycles. The summed E-state index contributed by atoms with van der Waals surface area (Å²) in [5, 5.41) is 3.63. The van der Waals surface area contributed by atoms with E-state index in [1.165, 1.54) is 19.3 Å². The summed E-state index contributed by atoms with van der Waals surface area (Å²) in [4.78, 5) is 10.7. The molecule has 1 aliphatic heterocycles. The molecule has 0 aromatic rings. The highest BCUT2D eigenvalue weighted by atomic mass is 16.5. The Morgan fingerprint density at radius 3 is 1.95 bits per heavy atom. The van der Waals surface area contributed by atoms with Crippen LogP contribution in [0.4, 0.5) is 0 Å². The van der Waals surface area contributed by atoms with Gasteiger partial charge in [-0.2, -0.15) is 0 Å². The van der Waals surface area contributed by atoms with Gasteiger partial charge >= 0.3 is 5.97 Å². The van der Waals surface area contributed by atoms with Crippen molar-refractivity contribution in [1.82, 2.24) is 5.32 Å². The van der Waals surface area contributed by atoms with E-state index in [-0.39, 0.29) is 5.97 Å². The average molecular weight is 285 g/mol. The molecule has 1 heterocycles. The van der Waals surface area contributed by atoms with Crippen molar-refractivity contribution in [2.45, 2.75) is 97.6 Å². The van der Waals surface area contributed by atoms with Crippen LogP contribution < -0.4 is 5.32 Å². The topological polar surface area (TPSA) is 38.3 Å². The lowest BCUT2D eigenvalue weighted by atomic mass is 9.83. The second-order valence-electron chi connectivity index (χ2n) is 7.01. The molecule has 0 amide bonds. The summed E-state index contributed by atoms with van der Waals surface area (Å²) in [6, 6.07) is 0. The Labute approximate surface area is 125 Å². The molecule has 3 heteroatoms. The zero-order valence-corrected chi connectivity index (χ0v) is 14.5. The van der Waals surface area contributed by atoms with Gasteiger partial charge in [0, 0.05) is 17.5 Å². The molecule has 3 nitrogen and oxygen atoms in total. The molecule has 120 valence electrons. The first-order valence-corrected chi connectivity index (χ1v) is 8.17. The summed E-state index contributed by atoms with van der Waals surface area (Å²) in [6.07, 6.45) is 7.83. The predicted molar refractivity (Wildman–Crippen MR) is 85.9 cm³/mol. The second-order valence-corrected chi connectivity index (χ2v) is 7.01. The largest absolute Gasteiger partial charge is 0.466 e. The number of hydrogen-bond acceptors (Lipinski definition) is 3. The van der Waals surface area contributed by atoms with Gasteiger partial charge in [-0.1, -0.05) is 19.8 Å².